The highest BCUT2D eigenvalue weighted by atomic mass is 16.5. The number of benzene rings is 3. The lowest BCUT2D eigenvalue weighted by Gasteiger charge is -2.09. The van der Waals surface area contributed by atoms with E-state index in [4.69, 9.17) is 9.47 Å². The Morgan fingerprint density at radius 2 is 1.58 bits per heavy atom. The quantitative estimate of drug-likeness (QED) is 0.458. The van der Waals surface area contributed by atoms with E-state index in [1.54, 1.807) is 12.1 Å². The molecule has 3 aromatic carbocycles. The Morgan fingerprint density at radius 3 is 2.27 bits per heavy atom. The standard InChI is InChI=1S/C23H22O3/c1-16-5-4-6-21(13-16)25-15-19-8-10-20(11-9-19)23(24)26-22-12-7-17(2)18(3)14-22/h4-14H,15H2,1-3H3. The van der Waals surface area contributed by atoms with E-state index in [2.05, 4.69) is 0 Å². The second-order valence-electron chi connectivity index (χ2n) is 6.44. The van der Waals surface area contributed by atoms with Gasteiger partial charge in [-0.1, -0.05) is 30.3 Å². The zero-order valence-corrected chi connectivity index (χ0v) is 15.3. The van der Waals surface area contributed by atoms with Gasteiger partial charge in [-0.15, -0.1) is 0 Å². The molecule has 3 rings (SSSR count). The van der Waals surface area contributed by atoms with E-state index in [9.17, 15) is 4.79 Å². The normalized spacial score (nSPS) is 10.4. The molecule has 0 saturated carbocycles. The summed E-state index contributed by atoms with van der Waals surface area (Å²) in [5.74, 6) is 1.03. The van der Waals surface area contributed by atoms with E-state index in [-0.39, 0.29) is 5.97 Å². The van der Waals surface area contributed by atoms with Crippen molar-refractivity contribution in [3.63, 3.8) is 0 Å². The van der Waals surface area contributed by atoms with Gasteiger partial charge in [-0.05, 0) is 79.4 Å². The second kappa shape index (κ2) is 7.87. The summed E-state index contributed by atoms with van der Waals surface area (Å²) in [4.78, 5) is 12.3. The maximum absolute atomic E-state index is 12.3. The van der Waals surface area contributed by atoms with Gasteiger partial charge in [-0.2, -0.15) is 0 Å². The smallest absolute Gasteiger partial charge is 0.343 e. The van der Waals surface area contributed by atoms with Crippen molar-refractivity contribution >= 4 is 5.97 Å². The van der Waals surface area contributed by atoms with Gasteiger partial charge in [0.05, 0.1) is 5.56 Å². The van der Waals surface area contributed by atoms with Crippen LogP contribution in [0.1, 0.15) is 32.6 Å². The summed E-state index contributed by atoms with van der Waals surface area (Å²) in [7, 11) is 0. The minimum Gasteiger partial charge on any atom is -0.489 e. The minimum absolute atomic E-state index is 0.362. The third kappa shape index (κ3) is 4.51. The van der Waals surface area contributed by atoms with Gasteiger partial charge in [0.1, 0.15) is 18.1 Å². The van der Waals surface area contributed by atoms with Crippen molar-refractivity contribution < 1.29 is 14.3 Å². The van der Waals surface area contributed by atoms with Crippen molar-refractivity contribution in [1.29, 1.82) is 0 Å². The van der Waals surface area contributed by atoms with Gasteiger partial charge in [0.15, 0.2) is 0 Å². The molecule has 3 aromatic rings. The van der Waals surface area contributed by atoms with Crippen LogP contribution in [0.2, 0.25) is 0 Å². The average molecular weight is 346 g/mol. The van der Waals surface area contributed by atoms with E-state index in [1.807, 2.05) is 75.4 Å². The number of hydrogen-bond donors (Lipinski definition) is 0. The number of carbonyl (C=O) groups excluding carboxylic acids is 1. The second-order valence-corrected chi connectivity index (χ2v) is 6.44. The summed E-state index contributed by atoms with van der Waals surface area (Å²) in [6.45, 7) is 6.51. The van der Waals surface area contributed by atoms with Crippen molar-refractivity contribution in [2.75, 3.05) is 0 Å². The molecule has 132 valence electrons. The first-order valence-corrected chi connectivity index (χ1v) is 8.59. The topological polar surface area (TPSA) is 35.5 Å². The third-order valence-electron chi connectivity index (χ3n) is 4.27. The zero-order valence-electron chi connectivity index (χ0n) is 15.3. The first kappa shape index (κ1) is 17.7. The molecule has 0 aliphatic carbocycles. The van der Waals surface area contributed by atoms with Crippen LogP contribution < -0.4 is 9.47 Å². The van der Waals surface area contributed by atoms with Crippen LogP contribution in [-0.2, 0) is 6.61 Å². The van der Waals surface area contributed by atoms with Gasteiger partial charge in [0.2, 0.25) is 0 Å². The van der Waals surface area contributed by atoms with Crippen LogP contribution in [0.15, 0.2) is 66.7 Å². The summed E-state index contributed by atoms with van der Waals surface area (Å²) in [5.41, 5.74) is 4.94. The first-order valence-electron chi connectivity index (χ1n) is 8.59. The molecule has 0 spiro atoms. The minimum atomic E-state index is -0.362. The molecule has 0 N–H and O–H groups in total. The fraction of sp³-hybridized carbons (Fsp3) is 0.174. The van der Waals surface area contributed by atoms with Gasteiger partial charge >= 0.3 is 5.97 Å². The van der Waals surface area contributed by atoms with Gasteiger partial charge in [-0.3, -0.25) is 0 Å². The monoisotopic (exact) mass is 346 g/mol. The molecule has 0 aliphatic heterocycles. The Labute approximate surface area is 154 Å². The maximum Gasteiger partial charge on any atom is 0.343 e. The highest BCUT2D eigenvalue weighted by Crippen LogP contribution is 2.19. The molecule has 0 saturated heterocycles. The van der Waals surface area contributed by atoms with Gasteiger partial charge in [0.25, 0.3) is 0 Å². The van der Waals surface area contributed by atoms with Crippen molar-refractivity contribution in [3.05, 3.63) is 94.5 Å². The van der Waals surface area contributed by atoms with E-state index in [0.29, 0.717) is 17.9 Å². The van der Waals surface area contributed by atoms with Crippen molar-refractivity contribution in [2.24, 2.45) is 0 Å². The Hall–Kier alpha value is -3.07. The lowest BCUT2D eigenvalue weighted by molar-refractivity contribution is 0.0734. The lowest BCUT2D eigenvalue weighted by Crippen LogP contribution is -2.09. The van der Waals surface area contributed by atoms with Gasteiger partial charge in [-0.25, -0.2) is 4.79 Å². The Balaban J connectivity index is 1.61. The summed E-state index contributed by atoms with van der Waals surface area (Å²) in [6, 6.07) is 20.8. The molecule has 0 amide bonds. The summed E-state index contributed by atoms with van der Waals surface area (Å²) >= 11 is 0. The van der Waals surface area contributed by atoms with Crippen LogP contribution in [0.5, 0.6) is 11.5 Å². The summed E-state index contributed by atoms with van der Waals surface area (Å²) in [5, 5.41) is 0. The van der Waals surface area contributed by atoms with E-state index >= 15 is 0 Å². The number of aryl methyl sites for hydroxylation is 3. The van der Waals surface area contributed by atoms with Crippen LogP contribution >= 0.6 is 0 Å². The number of rotatable bonds is 5. The lowest BCUT2D eigenvalue weighted by atomic mass is 10.1. The van der Waals surface area contributed by atoms with Crippen molar-refractivity contribution in [3.8, 4) is 11.5 Å². The van der Waals surface area contributed by atoms with Crippen molar-refractivity contribution in [2.45, 2.75) is 27.4 Å². The Morgan fingerprint density at radius 1 is 0.808 bits per heavy atom. The molecule has 0 atom stereocenters. The zero-order chi connectivity index (χ0) is 18.5. The SMILES string of the molecule is Cc1cccc(OCc2ccc(C(=O)Oc3ccc(C)c(C)c3)cc2)c1. The maximum atomic E-state index is 12.3. The van der Waals surface area contributed by atoms with Crippen LogP contribution in [0.25, 0.3) is 0 Å². The molecule has 0 aliphatic rings. The first-order chi connectivity index (χ1) is 12.5. The molecule has 0 aromatic heterocycles. The van der Waals surface area contributed by atoms with Crippen LogP contribution in [0, 0.1) is 20.8 Å². The number of esters is 1. The number of carbonyl (C=O) groups is 1. The van der Waals surface area contributed by atoms with E-state index in [0.717, 1.165) is 22.4 Å². The summed E-state index contributed by atoms with van der Waals surface area (Å²) < 4.78 is 11.2. The molecule has 3 nitrogen and oxygen atoms in total. The van der Waals surface area contributed by atoms with Crippen molar-refractivity contribution in [1.82, 2.24) is 0 Å². The fourth-order valence-electron chi connectivity index (χ4n) is 2.55. The van der Waals surface area contributed by atoms with Crippen LogP contribution in [-0.4, -0.2) is 5.97 Å². The molecule has 0 fully saturated rings. The number of ether oxygens (including phenoxy) is 2. The third-order valence-corrected chi connectivity index (χ3v) is 4.27. The van der Waals surface area contributed by atoms with E-state index < -0.39 is 0 Å². The molecule has 0 radical (unpaired) electrons. The molecular formula is C23H22O3. The largest absolute Gasteiger partial charge is 0.489 e. The van der Waals surface area contributed by atoms with Crippen LogP contribution in [0.4, 0.5) is 0 Å². The predicted molar refractivity (Wildman–Crippen MR) is 103 cm³/mol. The fourth-order valence-corrected chi connectivity index (χ4v) is 2.55. The van der Waals surface area contributed by atoms with Gasteiger partial charge in [0, 0.05) is 0 Å². The number of hydrogen-bond acceptors (Lipinski definition) is 3. The van der Waals surface area contributed by atoms with Gasteiger partial charge < -0.3 is 9.47 Å². The highest BCUT2D eigenvalue weighted by Gasteiger charge is 2.09. The molecule has 0 bridgehead atoms. The molecule has 0 unspecified atom stereocenters. The Bertz CT molecular complexity index is 911. The Kier molecular flexibility index (Phi) is 5.37. The molecule has 26 heavy (non-hydrogen) atoms. The summed E-state index contributed by atoms with van der Waals surface area (Å²) in [6.07, 6.45) is 0. The molecule has 3 heteroatoms. The molecule has 0 heterocycles. The average Bonchev–Trinajstić information content (AvgIpc) is 2.63. The highest BCUT2D eigenvalue weighted by molar-refractivity contribution is 5.91. The molecular weight excluding hydrogens is 324 g/mol. The predicted octanol–water partition coefficient (Wildman–Crippen LogP) is 5.41. The van der Waals surface area contributed by atoms with E-state index in [1.165, 1.54) is 5.56 Å². The van der Waals surface area contributed by atoms with Crippen LogP contribution in [0.3, 0.4) is 0 Å².